The summed E-state index contributed by atoms with van der Waals surface area (Å²) in [6.07, 6.45) is 0. The van der Waals surface area contributed by atoms with Crippen LogP contribution in [0.4, 0.5) is 4.39 Å². The first-order chi connectivity index (χ1) is 13.4. The van der Waals surface area contributed by atoms with E-state index in [1.165, 1.54) is 48.4 Å². The zero-order valence-electron chi connectivity index (χ0n) is 14.8. The van der Waals surface area contributed by atoms with Crippen molar-refractivity contribution < 1.29 is 23.8 Å². The lowest BCUT2D eigenvalue weighted by Gasteiger charge is -2.25. The van der Waals surface area contributed by atoms with E-state index in [9.17, 15) is 19.1 Å². The van der Waals surface area contributed by atoms with Crippen molar-refractivity contribution in [3.63, 3.8) is 0 Å². The van der Waals surface area contributed by atoms with Gasteiger partial charge in [-0.05, 0) is 24.3 Å². The number of aliphatic hydroxyl groups excluding tert-OH is 1. The molecular weight excluding hydrogens is 408 g/mol. The second kappa shape index (κ2) is 8.31. The summed E-state index contributed by atoms with van der Waals surface area (Å²) >= 11 is 11.9. The van der Waals surface area contributed by atoms with E-state index >= 15 is 0 Å². The standard InChI is InChI=1S/C20H16Cl2FNO4/c1-28-9-8-24-17(12-4-2-3-5-15(12)23)16(19(26)20(24)27)18(25)11-6-7-13(21)14(22)10-11/h2-7,10,17,25H,8-9H2,1H3/b18-16+. The van der Waals surface area contributed by atoms with Crippen LogP contribution in [-0.4, -0.2) is 42.0 Å². The maximum absolute atomic E-state index is 14.5. The monoisotopic (exact) mass is 423 g/mol. The van der Waals surface area contributed by atoms with Crippen molar-refractivity contribution in [3.8, 4) is 0 Å². The van der Waals surface area contributed by atoms with E-state index in [4.69, 9.17) is 27.9 Å². The SMILES string of the molecule is COCCN1C(=O)C(=O)/C(=C(/O)c2ccc(Cl)c(Cl)c2)C1c1ccccc1F. The second-order valence-electron chi connectivity index (χ2n) is 6.14. The molecule has 1 aliphatic rings. The first kappa shape index (κ1) is 20.3. The molecule has 0 radical (unpaired) electrons. The molecule has 8 heteroatoms. The highest BCUT2D eigenvalue weighted by molar-refractivity contribution is 6.46. The van der Waals surface area contributed by atoms with Gasteiger partial charge >= 0.3 is 0 Å². The molecule has 5 nitrogen and oxygen atoms in total. The molecule has 0 bridgehead atoms. The smallest absolute Gasteiger partial charge is 0.295 e. The van der Waals surface area contributed by atoms with Crippen molar-refractivity contribution in [2.24, 2.45) is 0 Å². The van der Waals surface area contributed by atoms with Crippen LogP contribution in [0.15, 0.2) is 48.0 Å². The van der Waals surface area contributed by atoms with E-state index in [2.05, 4.69) is 0 Å². The van der Waals surface area contributed by atoms with Gasteiger partial charge in [0, 0.05) is 24.8 Å². The topological polar surface area (TPSA) is 66.8 Å². The molecule has 1 fully saturated rings. The fraction of sp³-hybridized carbons (Fsp3) is 0.200. The van der Waals surface area contributed by atoms with Crippen LogP contribution in [0.2, 0.25) is 10.0 Å². The Morgan fingerprint density at radius 3 is 2.54 bits per heavy atom. The van der Waals surface area contributed by atoms with Gasteiger partial charge in [-0.3, -0.25) is 9.59 Å². The lowest BCUT2D eigenvalue weighted by molar-refractivity contribution is -0.140. The van der Waals surface area contributed by atoms with E-state index in [-0.39, 0.29) is 39.9 Å². The molecule has 3 rings (SSSR count). The Bertz CT molecular complexity index is 976. The summed E-state index contributed by atoms with van der Waals surface area (Å²) in [7, 11) is 1.45. The minimum atomic E-state index is -1.09. The zero-order valence-corrected chi connectivity index (χ0v) is 16.3. The summed E-state index contributed by atoms with van der Waals surface area (Å²) in [4.78, 5) is 26.5. The second-order valence-corrected chi connectivity index (χ2v) is 6.95. The summed E-state index contributed by atoms with van der Waals surface area (Å²) in [5.41, 5.74) is 0.0736. The fourth-order valence-electron chi connectivity index (χ4n) is 3.12. The van der Waals surface area contributed by atoms with Crippen LogP contribution in [0.5, 0.6) is 0 Å². The maximum Gasteiger partial charge on any atom is 0.295 e. The Balaban J connectivity index is 2.20. The molecule has 1 saturated heterocycles. The minimum Gasteiger partial charge on any atom is -0.507 e. The molecule has 28 heavy (non-hydrogen) atoms. The zero-order chi connectivity index (χ0) is 20.4. The predicted molar refractivity (Wildman–Crippen MR) is 104 cm³/mol. The van der Waals surface area contributed by atoms with E-state index in [1.807, 2.05) is 0 Å². The lowest BCUT2D eigenvalue weighted by atomic mass is 9.95. The highest BCUT2D eigenvalue weighted by atomic mass is 35.5. The van der Waals surface area contributed by atoms with Gasteiger partial charge in [-0.2, -0.15) is 0 Å². The third-order valence-electron chi connectivity index (χ3n) is 4.47. The maximum atomic E-state index is 14.5. The number of rotatable bonds is 5. The number of hydrogen-bond acceptors (Lipinski definition) is 4. The van der Waals surface area contributed by atoms with Crippen LogP contribution < -0.4 is 0 Å². The van der Waals surface area contributed by atoms with Crippen molar-refractivity contribution in [2.75, 3.05) is 20.3 Å². The van der Waals surface area contributed by atoms with Crippen LogP contribution in [-0.2, 0) is 14.3 Å². The van der Waals surface area contributed by atoms with Crippen molar-refractivity contribution in [2.45, 2.75) is 6.04 Å². The van der Waals surface area contributed by atoms with E-state index in [0.29, 0.717) is 0 Å². The molecular formula is C20H16Cl2FNO4. The molecule has 0 saturated carbocycles. The highest BCUT2D eigenvalue weighted by Crippen LogP contribution is 2.40. The Labute approximate surface area is 170 Å². The van der Waals surface area contributed by atoms with E-state index in [1.54, 1.807) is 6.07 Å². The molecule has 146 valence electrons. The first-order valence-electron chi connectivity index (χ1n) is 8.34. The van der Waals surface area contributed by atoms with E-state index in [0.717, 1.165) is 0 Å². The molecule has 0 aromatic heterocycles. The lowest BCUT2D eigenvalue weighted by Crippen LogP contribution is -2.33. The van der Waals surface area contributed by atoms with Crippen molar-refractivity contribution >= 4 is 40.7 Å². The number of ether oxygens (including phenoxy) is 1. The minimum absolute atomic E-state index is 0.0538. The molecule has 1 amide bonds. The molecule has 2 aromatic rings. The average molecular weight is 424 g/mol. The Morgan fingerprint density at radius 2 is 1.89 bits per heavy atom. The van der Waals surface area contributed by atoms with Gasteiger partial charge in [-0.25, -0.2) is 4.39 Å². The normalized spacial score (nSPS) is 18.7. The largest absolute Gasteiger partial charge is 0.507 e. The average Bonchev–Trinajstić information content (AvgIpc) is 2.92. The number of nitrogens with zero attached hydrogens (tertiary/aromatic N) is 1. The highest BCUT2D eigenvalue weighted by Gasteiger charge is 2.46. The van der Waals surface area contributed by atoms with Gasteiger partial charge in [-0.15, -0.1) is 0 Å². The van der Waals surface area contributed by atoms with Crippen LogP contribution >= 0.6 is 23.2 Å². The van der Waals surface area contributed by atoms with Crippen molar-refractivity contribution in [3.05, 3.63) is 75.0 Å². The number of ketones is 1. The number of carbonyl (C=O) groups is 2. The number of likely N-dealkylation sites (tertiary alicyclic amines) is 1. The number of methoxy groups -OCH3 is 1. The number of aliphatic hydroxyl groups is 1. The predicted octanol–water partition coefficient (Wildman–Crippen LogP) is 4.20. The Morgan fingerprint density at radius 1 is 1.18 bits per heavy atom. The van der Waals surface area contributed by atoms with Gasteiger partial charge in [0.2, 0.25) is 0 Å². The van der Waals surface area contributed by atoms with Gasteiger partial charge in [0.25, 0.3) is 11.7 Å². The number of benzene rings is 2. The molecule has 1 atom stereocenters. The quantitative estimate of drug-likeness (QED) is 0.444. The van der Waals surface area contributed by atoms with Gasteiger partial charge in [0.05, 0.1) is 28.3 Å². The van der Waals surface area contributed by atoms with Crippen LogP contribution in [0.3, 0.4) is 0 Å². The summed E-state index contributed by atoms with van der Waals surface area (Å²) in [5, 5.41) is 11.3. The summed E-state index contributed by atoms with van der Waals surface area (Å²) < 4.78 is 19.5. The third kappa shape index (κ3) is 3.63. The number of Topliss-reactive ketones (excluding diaryl/α,β-unsaturated/α-hetero) is 1. The molecule has 1 N–H and O–H groups in total. The summed E-state index contributed by atoms with van der Waals surface area (Å²) in [6.45, 7) is 0.197. The molecule has 0 aliphatic carbocycles. The third-order valence-corrected chi connectivity index (χ3v) is 5.21. The van der Waals surface area contributed by atoms with Gasteiger partial charge in [-0.1, -0.05) is 41.4 Å². The van der Waals surface area contributed by atoms with Gasteiger partial charge < -0.3 is 14.7 Å². The van der Waals surface area contributed by atoms with Crippen molar-refractivity contribution in [1.82, 2.24) is 4.90 Å². The molecule has 0 spiro atoms. The number of hydrogen-bond donors (Lipinski definition) is 1. The summed E-state index contributed by atoms with van der Waals surface area (Å²) in [5.74, 6) is -2.80. The fourth-order valence-corrected chi connectivity index (χ4v) is 3.42. The number of amides is 1. The Kier molecular flexibility index (Phi) is 6.03. The first-order valence-corrected chi connectivity index (χ1v) is 9.09. The van der Waals surface area contributed by atoms with E-state index < -0.39 is 29.3 Å². The molecule has 1 heterocycles. The van der Waals surface area contributed by atoms with Crippen molar-refractivity contribution in [1.29, 1.82) is 0 Å². The number of carbonyl (C=O) groups excluding carboxylic acids is 2. The molecule has 1 aliphatic heterocycles. The van der Waals surface area contributed by atoms with Gasteiger partial charge in [0.15, 0.2) is 0 Å². The van der Waals surface area contributed by atoms with Gasteiger partial charge in [0.1, 0.15) is 11.6 Å². The molecule has 2 aromatic carbocycles. The van der Waals surface area contributed by atoms with Crippen LogP contribution in [0, 0.1) is 5.82 Å². The van der Waals surface area contributed by atoms with Crippen LogP contribution in [0.25, 0.3) is 5.76 Å². The van der Waals surface area contributed by atoms with Crippen LogP contribution in [0.1, 0.15) is 17.2 Å². The Hall–Kier alpha value is -2.41. The summed E-state index contributed by atoms with van der Waals surface area (Å²) in [6, 6.07) is 8.99. The number of halogens is 3. The molecule has 1 unspecified atom stereocenters.